The topological polar surface area (TPSA) is 72.7 Å². The number of hydrogen-bond acceptors (Lipinski definition) is 5. The average molecular weight is 337 g/mol. The summed E-state index contributed by atoms with van der Waals surface area (Å²) in [5.74, 6) is 0.679. The van der Waals surface area contributed by atoms with E-state index in [0.717, 1.165) is 17.7 Å². The maximum Gasteiger partial charge on any atom is 0.238 e. The number of benzene rings is 2. The van der Waals surface area contributed by atoms with Gasteiger partial charge >= 0.3 is 0 Å². The second-order valence-electron chi connectivity index (χ2n) is 5.61. The second kappa shape index (κ2) is 6.09. The van der Waals surface area contributed by atoms with E-state index in [1.165, 1.54) is 10.5 Å². The zero-order valence-corrected chi connectivity index (χ0v) is 13.8. The van der Waals surface area contributed by atoms with Crippen LogP contribution in [0.15, 0.2) is 53.4 Å². The number of tetrazole rings is 1. The summed E-state index contributed by atoms with van der Waals surface area (Å²) in [6.07, 6.45) is 0.763. The van der Waals surface area contributed by atoms with Crippen LogP contribution in [0, 0.1) is 0 Å². The molecule has 1 aromatic heterocycles. The number of fused-ring (bicyclic) bond motifs is 1. The molecule has 0 bridgehead atoms. The monoisotopic (exact) mass is 337 g/mol. The molecule has 4 rings (SSSR count). The number of nitrogens with zero attached hydrogens (tertiary/aromatic N) is 4. The third-order valence-electron chi connectivity index (χ3n) is 3.95. The van der Waals surface area contributed by atoms with Crippen LogP contribution < -0.4 is 5.32 Å². The van der Waals surface area contributed by atoms with Gasteiger partial charge in [0, 0.05) is 23.2 Å². The number of aryl methyl sites for hydroxylation is 1. The number of nitrogens with one attached hydrogen (secondary N) is 1. The Morgan fingerprint density at radius 2 is 2.12 bits per heavy atom. The van der Waals surface area contributed by atoms with Crippen LogP contribution in [0.3, 0.4) is 0 Å². The zero-order valence-electron chi connectivity index (χ0n) is 13.0. The number of amides is 1. The number of hydrogen-bond donors (Lipinski definition) is 1. The standard InChI is InChI=1S/C17H15N5OS/c1-22-16(19-20-21-22)12-6-4-7-13(9-12)18-17(23)15-10-11-5-2-3-8-14(11)24-15/h2-9,15H,10H2,1H3,(H,18,23)/t15-/m0/s1. The molecule has 3 aromatic rings. The van der Waals surface area contributed by atoms with Gasteiger partial charge in [-0.2, -0.15) is 0 Å². The lowest BCUT2D eigenvalue weighted by molar-refractivity contribution is -0.115. The first kappa shape index (κ1) is 14.9. The lowest BCUT2D eigenvalue weighted by Gasteiger charge is -2.11. The largest absolute Gasteiger partial charge is 0.325 e. The van der Waals surface area contributed by atoms with E-state index in [4.69, 9.17) is 0 Å². The zero-order chi connectivity index (χ0) is 16.5. The van der Waals surface area contributed by atoms with Crippen LogP contribution in [0.2, 0.25) is 0 Å². The van der Waals surface area contributed by atoms with Crippen LogP contribution in [-0.2, 0) is 18.3 Å². The molecule has 1 aliphatic heterocycles. The number of carbonyl (C=O) groups is 1. The maximum absolute atomic E-state index is 12.6. The van der Waals surface area contributed by atoms with Crippen LogP contribution in [0.1, 0.15) is 5.56 Å². The highest BCUT2D eigenvalue weighted by Gasteiger charge is 2.28. The first-order chi connectivity index (χ1) is 11.7. The molecule has 24 heavy (non-hydrogen) atoms. The molecule has 120 valence electrons. The normalized spacial score (nSPS) is 16.0. The molecular formula is C17H15N5OS. The number of aromatic nitrogens is 4. The molecule has 0 saturated heterocycles. The van der Waals surface area contributed by atoms with Crippen molar-refractivity contribution in [3.05, 3.63) is 54.1 Å². The summed E-state index contributed by atoms with van der Waals surface area (Å²) in [5, 5.41) is 14.4. The highest BCUT2D eigenvalue weighted by Crippen LogP contribution is 2.37. The molecule has 0 radical (unpaired) electrons. The Hall–Kier alpha value is -2.67. The van der Waals surface area contributed by atoms with Crippen molar-refractivity contribution in [3.63, 3.8) is 0 Å². The third-order valence-corrected chi connectivity index (χ3v) is 5.27. The molecule has 0 spiro atoms. The predicted molar refractivity (Wildman–Crippen MR) is 92.7 cm³/mol. The summed E-state index contributed by atoms with van der Waals surface area (Å²) < 4.78 is 1.60. The average Bonchev–Trinajstić information content (AvgIpc) is 3.21. The minimum atomic E-state index is -0.0949. The van der Waals surface area contributed by atoms with Gasteiger partial charge in [-0.3, -0.25) is 4.79 Å². The van der Waals surface area contributed by atoms with E-state index < -0.39 is 0 Å². The minimum Gasteiger partial charge on any atom is -0.325 e. The molecule has 0 aliphatic carbocycles. The Morgan fingerprint density at radius 3 is 2.92 bits per heavy atom. The Bertz CT molecular complexity index is 882. The second-order valence-corrected chi connectivity index (χ2v) is 6.86. The molecule has 1 aliphatic rings. The van der Waals surface area contributed by atoms with Crippen LogP contribution in [0.4, 0.5) is 5.69 Å². The third kappa shape index (κ3) is 2.78. The predicted octanol–water partition coefficient (Wildman–Crippen LogP) is 2.53. The Balaban J connectivity index is 1.50. The molecule has 1 amide bonds. The lowest BCUT2D eigenvalue weighted by atomic mass is 10.1. The molecule has 0 saturated carbocycles. The van der Waals surface area contributed by atoms with Crippen molar-refractivity contribution in [3.8, 4) is 11.4 Å². The van der Waals surface area contributed by atoms with Gasteiger partial charge in [0.05, 0.1) is 5.25 Å². The van der Waals surface area contributed by atoms with Crippen molar-refractivity contribution >= 4 is 23.4 Å². The molecule has 2 aromatic carbocycles. The molecule has 7 heteroatoms. The highest BCUT2D eigenvalue weighted by molar-refractivity contribution is 8.01. The number of rotatable bonds is 3. The fraction of sp³-hybridized carbons (Fsp3) is 0.176. The smallest absolute Gasteiger partial charge is 0.238 e. The maximum atomic E-state index is 12.6. The van der Waals surface area contributed by atoms with E-state index in [0.29, 0.717) is 5.82 Å². The molecule has 1 N–H and O–H groups in total. The van der Waals surface area contributed by atoms with Gasteiger partial charge in [-0.1, -0.05) is 30.3 Å². The van der Waals surface area contributed by atoms with Gasteiger partial charge in [0.15, 0.2) is 5.82 Å². The SMILES string of the molecule is Cn1nnnc1-c1cccc(NC(=O)[C@@H]2Cc3ccccc3S2)c1. The summed E-state index contributed by atoms with van der Waals surface area (Å²) in [6, 6.07) is 15.7. The molecule has 0 fully saturated rings. The van der Waals surface area contributed by atoms with Crippen LogP contribution in [-0.4, -0.2) is 31.4 Å². The fourth-order valence-corrected chi connectivity index (χ4v) is 3.96. The molecular weight excluding hydrogens is 322 g/mol. The minimum absolute atomic E-state index is 0.0180. The van der Waals surface area contributed by atoms with Crippen molar-refractivity contribution in [1.29, 1.82) is 0 Å². The van der Waals surface area contributed by atoms with Gasteiger partial charge in [-0.25, -0.2) is 4.68 Å². The van der Waals surface area contributed by atoms with Gasteiger partial charge in [0.1, 0.15) is 0 Å². The van der Waals surface area contributed by atoms with Gasteiger partial charge in [0.2, 0.25) is 5.91 Å². The van der Waals surface area contributed by atoms with Crippen LogP contribution in [0.25, 0.3) is 11.4 Å². The van der Waals surface area contributed by atoms with E-state index >= 15 is 0 Å². The quantitative estimate of drug-likeness (QED) is 0.795. The highest BCUT2D eigenvalue weighted by atomic mass is 32.2. The molecule has 1 atom stereocenters. The first-order valence-corrected chi connectivity index (χ1v) is 8.47. The van der Waals surface area contributed by atoms with Gasteiger partial charge in [-0.15, -0.1) is 16.9 Å². The van der Waals surface area contributed by atoms with Gasteiger partial charge in [-0.05, 0) is 40.6 Å². The van der Waals surface area contributed by atoms with E-state index in [1.54, 1.807) is 23.5 Å². The first-order valence-electron chi connectivity index (χ1n) is 7.59. The Labute approximate surface area is 143 Å². The Kier molecular flexibility index (Phi) is 3.78. The van der Waals surface area contributed by atoms with E-state index in [2.05, 4.69) is 33.0 Å². The summed E-state index contributed by atoms with van der Waals surface area (Å²) >= 11 is 1.62. The lowest BCUT2D eigenvalue weighted by Crippen LogP contribution is -2.24. The van der Waals surface area contributed by atoms with Crippen LogP contribution in [0.5, 0.6) is 0 Å². The van der Waals surface area contributed by atoms with Crippen molar-refractivity contribution in [1.82, 2.24) is 20.2 Å². The van der Waals surface area contributed by atoms with E-state index in [9.17, 15) is 4.79 Å². The molecule has 0 unspecified atom stereocenters. The molecule has 2 heterocycles. The van der Waals surface area contributed by atoms with Crippen molar-refractivity contribution in [2.24, 2.45) is 7.05 Å². The Morgan fingerprint density at radius 1 is 1.25 bits per heavy atom. The van der Waals surface area contributed by atoms with Gasteiger partial charge < -0.3 is 5.32 Å². The van der Waals surface area contributed by atoms with E-state index in [-0.39, 0.29) is 11.2 Å². The van der Waals surface area contributed by atoms with Crippen molar-refractivity contribution < 1.29 is 4.79 Å². The fourth-order valence-electron chi connectivity index (χ4n) is 2.76. The van der Waals surface area contributed by atoms with Gasteiger partial charge in [0.25, 0.3) is 0 Å². The summed E-state index contributed by atoms with van der Waals surface area (Å²) in [7, 11) is 1.78. The number of anilines is 1. The molecule has 6 nitrogen and oxygen atoms in total. The number of carbonyl (C=O) groups excluding carboxylic acids is 1. The number of thioether (sulfide) groups is 1. The van der Waals surface area contributed by atoms with Crippen molar-refractivity contribution in [2.45, 2.75) is 16.6 Å². The summed E-state index contributed by atoms with van der Waals surface area (Å²) in [6.45, 7) is 0. The summed E-state index contributed by atoms with van der Waals surface area (Å²) in [5.41, 5.74) is 2.85. The van der Waals surface area contributed by atoms with Crippen LogP contribution >= 0.6 is 11.8 Å². The van der Waals surface area contributed by atoms with E-state index in [1.807, 2.05) is 36.4 Å². The summed E-state index contributed by atoms with van der Waals surface area (Å²) in [4.78, 5) is 13.8. The van der Waals surface area contributed by atoms with Crippen molar-refractivity contribution in [2.75, 3.05) is 5.32 Å².